The van der Waals surface area contributed by atoms with E-state index >= 15 is 0 Å². The molecule has 0 saturated carbocycles. The summed E-state index contributed by atoms with van der Waals surface area (Å²) in [5.41, 5.74) is 1.32. The van der Waals surface area contributed by atoms with Crippen LogP contribution in [-0.4, -0.2) is 21.6 Å². The van der Waals surface area contributed by atoms with Gasteiger partial charge in [-0.25, -0.2) is 0 Å². The minimum atomic E-state index is 0.459. The van der Waals surface area contributed by atoms with Gasteiger partial charge in [0.2, 0.25) is 0 Å². The molecule has 0 aromatic carbocycles. The van der Waals surface area contributed by atoms with Gasteiger partial charge in [0, 0.05) is 30.1 Å². The van der Waals surface area contributed by atoms with Crippen molar-refractivity contribution in [3.63, 3.8) is 0 Å². The molecule has 0 radical (unpaired) electrons. The van der Waals surface area contributed by atoms with Crippen LogP contribution in [0.5, 0.6) is 0 Å². The summed E-state index contributed by atoms with van der Waals surface area (Å²) in [6.45, 7) is 5.44. The first-order chi connectivity index (χ1) is 7.33. The average molecular weight is 225 g/mol. The van der Waals surface area contributed by atoms with Gasteiger partial charge in [-0.1, -0.05) is 13.8 Å². The fourth-order valence-electron chi connectivity index (χ4n) is 1.82. The van der Waals surface area contributed by atoms with E-state index in [9.17, 15) is 0 Å². The Hall–Kier alpha value is -0.480. The van der Waals surface area contributed by atoms with Crippen LogP contribution < -0.4 is 5.32 Å². The molecular weight excluding hydrogens is 206 g/mol. The minimum absolute atomic E-state index is 0.459. The summed E-state index contributed by atoms with van der Waals surface area (Å²) >= 11 is 2.00. The first-order valence-electron chi connectivity index (χ1n) is 5.73. The predicted molar refractivity (Wildman–Crippen MR) is 64.9 cm³/mol. The highest BCUT2D eigenvalue weighted by Crippen LogP contribution is 2.33. The van der Waals surface area contributed by atoms with E-state index in [4.69, 9.17) is 0 Å². The molecule has 2 heterocycles. The van der Waals surface area contributed by atoms with E-state index in [1.807, 2.05) is 22.6 Å². The third kappa shape index (κ3) is 2.55. The third-order valence-electron chi connectivity index (χ3n) is 2.75. The Morgan fingerprint density at radius 2 is 2.47 bits per heavy atom. The van der Waals surface area contributed by atoms with Crippen LogP contribution in [0.4, 0.5) is 0 Å². The van der Waals surface area contributed by atoms with E-state index in [0.717, 1.165) is 13.0 Å². The highest BCUT2D eigenvalue weighted by molar-refractivity contribution is 7.99. The van der Waals surface area contributed by atoms with Crippen LogP contribution >= 0.6 is 11.8 Å². The number of aromatic nitrogens is 2. The molecule has 0 aliphatic carbocycles. The Bertz CT molecular complexity index is 311. The van der Waals surface area contributed by atoms with Gasteiger partial charge >= 0.3 is 0 Å². The fraction of sp³-hybridized carbons (Fsp3) is 0.727. The van der Waals surface area contributed by atoms with Crippen molar-refractivity contribution in [1.29, 1.82) is 0 Å². The lowest BCUT2D eigenvalue weighted by atomic mass is 10.2. The number of rotatable bonds is 4. The molecule has 1 aromatic heterocycles. The molecule has 4 heteroatoms. The molecule has 1 saturated heterocycles. The van der Waals surface area contributed by atoms with Gasteiger partial charge in [-0.3, -0.25) is 10.00 Å². The zero-order valence-corrected chi connectivity index (χ0v) is 10.3. The largest absolute Gasteiger partial charge is 0.298 e. The van der Waals surface area contributed by atoms with Gasteiger partial charge in [0.1, 0.15) is 0 Å². The van der Waals surface area contributed by atoms with Gasteiger partial charge in [-0.15, -0.1) is 11.8 Å². The molecule has 2 atom stereocenters. The monoisotopic (exact) mass is 225 g/mol. The third-order valence-corrected chi connectivity index (χ3v) is 4.09. The number of aryl methyl sites for hydroxylation is 1. The van der Waals surface area contributed by atoms with E-state index in [-0.39, 0.29) is 0 Å². The second-order valence-electron chi connectivity index (χ2n) is 4.02. The molecule has 0 bridgehead atoms. The highest BCUT2D eigenvalue weighted by Gasteiger charge is 2.24. The van der Waals surface area contributed by atoms with Crippen LogP contribution in [0.25, 0.3) is 0 Å². The maximum Gasteiger partial charge on any atom is 0.0823 e. The molecule has 15 heavy (non-hydrogen) atoms. The number of nitrogens with zero attached hydrogens (tertiary/aromatic N) is 2. The van der Waals surface area contributed by atoms with Crippen molar-refractivity contribution in [1.82, 2.24) is 15.1 Å². The molecule has 1 N–H and O–H groups in total. The summed E-state index contributed by atoms with van der Waals surface area (Å²) in [7, 11) is 0. The van der Waals surface area contributed by atoms with E-state index in [1.165, 1.54) is 17.7 Å². The van der Waals surface area contributed by atoms with Crippen LogP contribution in [0, 0.1) is 0 Å². The second-order valence-corrected chi connectivity index (χ2v) is 5.16. The lowest BCUT2D eigenvalue weighted by Gasteiger charge is -2.09. The number of hydrogen-bond donors (Lipinski definition) is 1. The van der Waals surface area contributed by atoms with Crippen molar-refractivity contribution in [2.75, 3.05) is 5.75 Å². The lowest BCUT2D eigenvalue weighted by Crippen LogP contribution is -2.24. The zero-order chi connectivity index (χ0) is 10.7. The van der Waals surface area contributed by atoms with Crippen LogP contribution in [0.1, 0.15) is 37.6 Å². The van der Waals surface area contributed by atoms with Crippen molar-refractivity contribution in [2.45, 2.75) is 44.6 Å². The predicted octanol–water partition coefficient (Wildman–Crippen LogP) is 2.41. The van der Waals surface area contributed by atoms with Crippen LogP contribution in [0.3, 0.4) is 0 Å². The van der Waals surface area contributed by atoms with Gasteiger partial charge in [0.15, 0.2) is 0 Å². The van der Waals surface area contributed by atoms with Gasteiger partial charge in [-0.2, -0.15) is 5.10 Å². The lowest BCUT2D eigenvalue weighted by molar-refractivity contribution is 0.560. The first-order valence-corrected chi connectivity index (χ1v) is 6.78. The van der Waals surface area contributed by atoms with Crippen molar-refractivity contribution < 1.29 is 0 Å². The molecule has 0 amide bonds. The quantitative estimate of drug-likeness (QED) is 0.853. The molecule has 1 aliphatic heterocycles. The van der Waals surface area contributed by atoms with E-state index in [2.05, 4.69) is 30.5 Å². The summed E-state index contributed by atoms with van der Waals surface area (Å²) in [4.78, 5) is 0. The molecule has 1 aliphatic rings. The summed E-state index contributed by atoms with van der Waals surface area (Å²) in [6, 6.07) is 0.675. The zero-order valence-electron chi connectivity index (χ0n) is 9.44. The second kappa shape index (κ2) is 5.03. The summed E-state index contributed by atoms with van der Waals surface area (Å²) < 4.78 is 2.04. The fourth-order valence-corrected chi connectivity index (χ4v) is 3.18. The van der Waals surface area contributed by atoms with Crippen LogP contribution in [-0.2, 0) is 6.54 Å². The Morgan fingerprint density at radius 1 is 1.60 bits per heavy atom. The summed E-state index contributed by atoms with van der Waals surface area (Å²) in [5.74, 6) is 1.22. The molecule has 84 valence electrons. The van der Waals surface area contributed by atoms with Crippen molar-refractivity contribution >= 4 is 11.8 Å². The molecule has 2 rings (SSSR count). The maximum absolute atomic E-state index is 4.36. The van der Waals surface area contributed by atoms with Crippen LogP contribution in [0.2, 0.25) is 0 Å². The standard InChI is InChI=1S/C11H19N3S/c1-3-5-14-7-9(6-12-14)11-13-10(4-2)8-15-11/h6-7,10-11,13H,3-5,8H2,1-2H3. The highest BCUT2D eigenvalue weighted by atomic mass is 32.2. The van der Waals surface area contributed by atoms with Crippen LogP contribution in [0.15, 0.2) is 12.4 Å². The van der Waals surface area contributed by atoms with Gasteiger partial charge in [0.05, 0.1) is 11.6 Å². The van der Waals surface area contributed by atoms with E-state index < -0.39 is 0 Å². The smallest absolute Gasteiger partial charge is 0.0823 e. The number of thioether (sulfide) groups is 1. The Kier molecular flexibility index (Phi) is 3.70. The van der Waals surface area contributed by atoms with E-state index in [0.29, 0.717) is 11.4 Å². The molecular formula is C11H19N3S. The van der Waals surface area contributed by atoms with Crippen molar-refractivity contribution in [3.8, 4) is 0 Å². The SMILES string of the molecule is CCCn1cc(C2NC(CC)CS2)cn1. The number of hydrogen-bond acceptors (Lipinski definition) is 3. The minimum Gasteiger partial charge on any atom is -0.298 e. The summed E-state index contributed by atoms with van der Waals surface area (Å²) in [5, 5.41) is 8.45. The van der Waals surface area contributed by atoms with E-state index in [1.54, 1.807) is 0 Å². The Balaban J connectivity index is 1.97. The molecule has 1 aromatic rings. The van der Waals surface area contributed by atoms with Gasteiger partial charge in [-0.05, 0) is 12.8 Å². The molecule has 1 fully saturated rings. The maximum atomic E-state index is 4.36. The molecule has 3 nitrogen and oxygen atoms in total. The van der Waals surface area contributed by atoms with Crippen molar-refractivity contribution in [2.24, 2.45) is 0 Å². The Labute approximate surface area is 95.6 Å². The molecule has 2 unspecified atom stereocenters. The van der Waals surface area contributed by atoms with Gasteiger partial charge < -0.3 is 0 Å². The summed E-state index contributed by atoms with van der Waals surface area (Å²) in [6.07, 6.45) is 6.53. The Morgan fingerprint density at radius 3 is 3.13 bits per heavy atom. The number of nitrogens with one attached hydrogen (secondary N) is 1. The topological polar surface area (TPSA) is 29.9 Å². The first kappa shape index (κ1) is 11.0. The molecule has 0 spiro atoms. The normalized spacial score (nSPS) is 26.0. The van der Waals surface area contributed by atoms with Crippen molar-refractivity contribution in [3.05, 3.63) is 18.0 Å². The van der Waals surface area contributed by atoms with Gasteiger partial charge in [0.25, 0.3) is 0 Å². The average Bonchev–Trinajstić information content (AvgIpc) is 2.85.